The molecule has 0 spiro atoms. The number of carbonyl (C=O) groups excluding carboxylic acids is 1. The van der Waals surface area contributed by atoms with Gasteiger partial charge in [0.25, 0.3) is 0 Å². The molecule has 4 heteroatoms. The first-order chi connectivity index (χ1) is 6.61. The van der Waals surface area contributed by atoms with Gasteiger partial charge < -0.3 is 9.64 Å². The minimum atomic E-state index is -0.115. The van der Waals surface area contributed by atoms with Gasteiger partial charge in [-0.05, 0) is 6.42 Å². The fourth-order valence-corrected chi connectivity index (χ4v) is 1.48. The summed E-state index contributed by atoms with van der Waals surface area (Å²) in [6.07, 6.45) is 2.60. The van der Waals surface area contributed by atoms with Crippen LogP contribution in [0.4, 0.5) is 0 Å². The van der Waals surface area contributed by atoms with Crippen molar-refractivity contribution < 1.29 is 9.53 Å². The Morgan fingerprint density at radius 3 is 2.71 bits per heavy atom. The van der Waals surface area contributed by atoms with E-state index in [9.17, 15) is 4.79 Å². The molecule has 0 aromatic carbocycles. The van der Waals surface area contributed by atoms with E-state index in [4.69, 9.17) is 16.3 Å². The molecule has 14 heavy (non-hydrogen) atoms. The second-order valence-electron chi connectivity index (χ2n) is 3.43. The summed E-state index contributed by atoms with van der Waals surface area (Å²) in [5.74, 6) is 0.161. The minimum Gasteiger partial charge on any atom is -0.383 e. The molecule has 0 heterocycles. The molecule has 84 valence electrons. The molecule has 0 fully saturated rings. The van der Waals surface area contributed by atoms with Crippen molar-refractivity contribution in [3.05, 3.63) is 0 Å². The summed E-state index contributed by atoms with van der Waals surface area (Å²) in [6.45, 7) is 3.10. The van der Waals surface area contributed by atoms with Gasteiger partial charge in [0.05, 0.1) is 12.0 Å². The largest absolute Gasteiger partial charge is 0.383 e. The number of rotatable bonds is 7. The zero-order valence-corrected chi connectivity index (χ0v) is 10.0. The molecule has 0 saturated heterocycles. The normalized spacial score (nSPS) is 12.6. The third-order valence-corrected chi connectivity index (χ3v) is 2.25. The summed E-state index contributed by atoms with van der Waals surface area (Å²) in [5, 5.41) is -0.115. The van der Waals surface area contributed by atoms with Crippen molar-refractivity contribution in [2.45, 2.75) is 31.6 Å². The molecule has 3 nitrogen and oxygen atoms in total. The molecular weight excluding hydrogens is 202 g/mol. The maximum Gasteiger partial charge on any atom is 0.222 e. The molecule has 0 aromatic rings. The number of hydrogen-bond acceptors (Lipinski definition) is 2. The summed E-state index contributed by atoms with van der Waals surface area (Å²) >= 11 is 5.94. The van der Waals surface area contributed by atoms with Crippen molar-refractivity contribution in [3.8, 4) is 0 Å². The summed E-state index contributed by atoms with van der Waals surface area (Å²) in [5.41, 5.74) is 0. The van der Waals surface area contributed by atoms with Crippen LogP contribution < -0.4 is 0 Å². The predicted octanol–water partition coefficient (Wildman–Crippen LogP) is 1.89. The van der Waals surface area contributed by atoms with Crippen LogP contribution in [0.15, 0.2) is 0 Å². The van der Waals surface area contributed by atoms with Gasteiger partial charge in [0.15, 0.2) is 0 Å². The number of halogens is 1. The highest BCUT2D eigenvalue weighted by Crippen LogP contribution is 2.03. The Kier molecular flexibility index (Phi) is 7.90. The fourth-order valence-electron chi connectivity index (χ4n) is 1.15. The Hall–Kier alpha value is -0.280. The van der Waals surface area contributed by atoms with E-state index in [1.807, 2.05) is 0 Å². The van der Waals surface area contributed by atoms with Crippen molar-refractivity contribution in [3.63, 3.8) is 0 Å². The first kappa shape index (κ1) is 13.7. The van der Waals surface area contributed by atoms with Crippen molar-refractivity contribution >= 4 is 17.5 Å². The van der Waals surface area contributed by atoms with Crippen molar-refractivity contribution in [2.24, 2.45) is 0 Å². The predicted molar refractivity (Wildman–Crippen MR) is 58.7 cm³/mol. The first-order valence-corrected chi connectivity index (χ1v) is 5.42. The van der Waals surface area contributed by atoms with E-state index in [0.29, 0.717) is 19.6 Å². The number of methoxy groups -OCH3 is 1. The summed E-state index contributed by atoms with van der Waals surface area (Å²) in [6, 6.07) is 0. The Labute approximate surface area is 91.4 Å². The van der Waals surface area contributed by atoms with Crippen LogP contribution in [0.3, 0.4) is 0 Å². The number of unbranched alkanes of at least 4 members (excludes halogenated alkanes) is 1. The van der Waals surface area contributed by atoms with Gasteiger partial charge in [-0.3, -0.25) is 4.79 Å². The minimum absolute atomic E-state index is 0.115. The Morgan fingerprint density at radius 2 is 2.21 bits per heavy atom. The van der Waals surface area contributed by atoms with E-state index < -0.39 is 0 Å². The smallest absolute Gasteiger partial charge is 0.222 e. The first-order valence-electron chi connectivity index (χ1n) is 4.98. The van der Waals surface area contributed by atoms with Crippen LogP contribution in [0.5, 0.6) is 0 Å². The number of carbonyl (C=O) groups is 1. The maximum absolute atomic E-state index is 11.5. The van der Waals surface area contributed by atoms with E-state index >= 15 is 0 Å². The lowest BCUT2D eigenvalue weighted by Crippen LogP contribution is -2.33. The zero-order valence-electron chi connectivity index (χ0n) is 9.25. The highest BCUT2D eigenvalue weighted by Gasteiger charge is 2.12. The van der Waals surface area contributed by atoms with Crippen LogP contribution in [0, 0.1) is 0 Å². The molecular formula is C10H20ClNO2. The Balaban J connectivity index is 3.70. The molecule has 1 amide bonds. The van der Waals surface area contributed by atoms with E-state index in [-0.39, 0.29) is 11.3 Å². The van der Waals surface area contributed by atoms with Crippen molar-refractivity contribution in [2.75, 3.05) is 27.3 Å². The molecule has 0 saturated carbocycles. The lowest BCUT2D eigenvalue weighted by molar-refractivity contribution is -0.130. The standard InChI is InChI=1S/C10H20ClNO2/c1-4-5-6-10(13)12(2)7-9(11)8-14-3/h9H,4-8H2,1-3H3. The van der Waals surface area contributed by atoms with Gasteiger partial charge in [-0.25, -0.2) is 0 Å². The van der Waals surface area contributed by atoms with Crippen LogP contribution >= 0.6 is 11.6 Å². The van der Waals surface area contributed by atoms with E-state index in [0.717, 1.165) is 12.8 Å². The van der Waals surface area contributed by atoms with E-state index in [2.05, 4.69) is 6.92 Å². The van der Waals surface area contributed by atoms with Crippen molar-refractivity contribution in [1.82, 2.24) is 4.90 Å². The monoisotopic (exact) mass is 221 g/mol. The molecule has 0 bridgehead atoms. The number of nitrogens with zero attached hydrogens (tertiary/aromatic N) is 1. The lowest BCUT2D eigenvalue weighted by Gasteiger charge is -2.19. The molecule has 1 atom stereocenters. The Morgan fingerprint density at radius 1 is 1.57 bits per heavy atom. The second kappa shape index (κ2) is 8.06. The van der Waals surface area contributed by atoms with Gasteiger partial charge in [0.1, 0.15) is 0 Å². The summed E-state index contributed by atoms with van der Waals surface area (Å²) < 4.78 is 4.90. The molecule has 1 unspecified atom stereocenters. The van der Waals surface area contributed by atoms with Gasteiger partial charge >= 0.3 is 0 Å². The quantitative estimate of drug-likeness (QED) is 0.615. The van der Waals surface area contributed by atoms with Crippen LogP contribution in [-0.4, -0.2) is 43.5 Å². The summed E-state index contributed by atoms with van der Waals surface area (Å²) in [4.78, 5) is 13.1. The van der Waals surface area contributed by atoms with Gasteiger partial charge in [-0.2, -0.15) is 0 Å². The fraction of sp³-hybridized carbons (Fsp3) is 0.900. The van der Waals surface area contributed by atoms with E-state index in [1.54, 1.807) is 19.1 Å². The van der Waals surface area contributed by atoms with Crippen LogP contribution in [0.2, 0.25) is 0 Å². The number of amides is 1. The SMILES string of the molecule is CCCCC(=O)N(C)CC(Cl)COC. The average molecular weight is 222 g/mol. The van der Waals surface area contributed by atoms with Gasteiger partial charge in [-0.1, -0.05) is 13.3 Å². The number of hydrogen-bond donors (Lipinski definition) is 0. The average Bonchev–Trinajstić information content (AvgIpc) is 2.14. The number of ether oxygens (including phenoxy) is 1. The molecule has 0 N–H and O–H groups in total. The van der Waals surface area contributed by atoms with Crippen molar-refractivity contribution in [1.29, 1.82) is 0 Å². The van der Waals surface area contributed by atoms with E-state index in [1.165, 1.54) is 0 Å². The summed E-state index contributed by atoms with van der Waals surface area (Å²) in [7, 11) is 3.39. The topological polar surface area (TPSA) is 29.5 Å². The molecule has 0 aliphatic carbocycles. The molecule has 0 aliphatic rings. The molecule has 0 aromatic heterocycles. The highest BCUT2D eigenvalue weighted by molar-refractivity contribution is 6.21. The highest BCUT2D eigenvalue weighted by atomic mass is 35.5. The Bertz CT molecular complexity index is 164. The van der Waals surface area contributed by atoms with Gasteiger partial charge in [-0.15, -0.1) is 11.6 Å². The van der Waals surface area contributed by atoms with Crippen LogP contribution in [-0.2, 0) is 9.53 Å². The van der Waals surface area contributed by atoms with Crippen LogP contribution in [0.1, 0.15) is 26.2 Å². The third-order valence-electron chi connectivity index (χ3n) is 1.99. The van der Waals surface area contributed by atoms with Crippen LogP contribution in [0.25, 0.3) is 0 Å². The lowest BCUT2D eigenvalue weighted by atomic mass is 10.2. The second-order valence-corrected chi connectivity index (χ2v) is 4.05. The van der Waals surface area contributed by atoms with Gasteiger partial charge in [0.2, 0.25) is 5.91 Å². The maximum atomic E-state index is 11.5. The molecule has 0 radical (unpaired) electrons. The molecule has 0 aliphatic heterocycles. The third kappa shape index (κ3) is 6.22. The van der Waals surface area contributed by atoms with Gasteiger partial charge in [0, 0.05) is 27.1 Å². The number of alkyl halides is 1. The zero-order chi connectivity index (χ0) is 11.0. The molecule has 0 rings (SSSR count).